The van der Waals surface area contributed by atoms with E-state index < -0.39 is 5.97 Å². The van der Waals surface area contributed by atoms with E-state index in [4.69, 9.17) is 16.3 Å². The van der Waals surface area contributed by atoms with Crippen LogP contribution in [0.15, 0.2) is 6.20 Å². The second-order valence-electron chi connectivity index (χ2n) is 3.08. The van der Waals surface area contributed by atoms with E-state index in [0.29, 0.717) is 5.13 Å². The predicted molar refractivity (Wildman–Crippen MR) is 62.7 cm³/mol. The van der Waals surface area contributed by atoms with Crippen molar-refractivity contribution < 1.29 is 9.53 Å². The quantitative estimate of drug-likeness (QED) is 0.798. The normalized spacial score (nSPS) is 10.5. The third-order valence-electron chi connectivity index (χ3n) is 1.90. The molecule has 0 saturated carbocycles. The molecule has 90 valence electrons. The van der Waals surface area contributed by atoms with E-state index in [1.807, 2.05) is 6.92 Å². The predicted octanol–water partition coefficient (Wildman–Crippen LogP) is 1.86. The Morgan fingerprint density at radius 2 is 2.35 bits per heavy atom. The molecule has 2 rings (SSSR count). The zero-order chi connectivity index (χ0) is 12.4. The molecule has 2 aromatic heterocycles. The molecular formula is C9H9ClN4O2S. The zero-order valence-electron chi connectivity index (χ0n) is 9.18. The first-order valence-corrected chi connectivity index (χ1v) is 6.04. The molecule has 0 atom stereocenters. The number of carbonyl (C=O) groups is 1. The monoisotopic (exact) mass is 272 g/mol. The lowest BCUT2D eigenvalue weighted by Crippen LogP contribution is -2.04. The topological polar surface area (TPSA) is 69.9 Å². The molecule has 0 aliphatic heterocycles. The number of aromatic nitrogens is 4. The minimum absolute atomic E-state index is 0.180. The lowest BCUT2D eigenvalue weighted by atomic mass is 10.4. The van der Waals surface area contributed by atoms with E-state index in [-0.39, 0.29) is 17.3 Å². The fourth-order valence-corrected chi connectivity index (χ4v) is 2.14. The van der Waals surface area contributed by atoms with E-state index >= 15 is 0 Å². The number of hydrogen-bond donors (Lipinski definition) is 0. The Morgan fingerprint density at radius 1 is 1.59 bits per heavy atom. The molecule has 0 spiro atoms. The highest BCUT2D eigenvalue weighted by Crippen LogP contribution is 2.22. The maximum Gasteiger partial charge on any atom is 0.342 e. The van der Waals surface area contributed by atoms with Crippen LogP contribution in [0.25, 0.3) is 5.13 Å². The van der Waals surface area contributed by atoms with Gasteiger partial charge in [0.15, 0.2) is 0 Å². The summed E-state index contributed by atoms with van der Waals surface area (Å²) in [5.41, 5.74) is 0.223. The summed E-state index contributed by atoms with van der Waals surface area (Å²) in [7, 11) is 0. The number of esters is 1. The summed E-state index contributed by atoms with van der Waals surface area (Å²) in [6.45, 7) is 3.84. The first-order chi connectivity index (χ1) is 8.13. The van der Waals surface area contributed by atoms with Gasteiger partial charge in [0.25, 0.3) is 0 Å². The molecule has 6 nitrogen and oxygen atoms in total. The molecule has 0 bridgehead atoms. The number of hydrogen-bond acceptors (Lipinski definition) is 6. The molecule has 17 heavy (non-hydrogen) atoms. The van der Waals surface area contributed by atoms with Crippen molar-refractivity contribution in [3.8, 4) is 5.13 Å². The fourth-order valence-electron chi connectivity index (χ4n) is 1.18. The number of ether oxygens (including phenoxy) is 1. The maximum absolute atomic E-state index is 11.5. The fraction of sp³-hybridized carbons (Fsp3) is 0.333. The summed E-state index contributed by atoms with van der Waals surface area (Å²) < 4.78 is 6.21. The van der Waals surface area contributed by atoms with Crippen molar-refractivity contribution in [3.05, 3.63) is 21.9 Å². The molecule has 2 heterocycles. The molecule has 0 aliphatic carbocycles. The average molecular weight is 273 g/mol. The molecule has 0 amide bonds. The summed E-state index contributed by atoms with van der Waals surface area (Å²) >= 11 is 7.37. The van der Waals surface area contributed by atoms with Gasteiger partial charge >= 0.3 is 5.97 Å². The van der Waals surface area contributed by atoms with Gasteiger partial charge in [-0.3, -0.25) is 0 Å². The lowest BCUT2D eigenvalue weighted by molar-refractivity contribution is 0.0526. The SMILES string of the molecule is CCOC(=O)c1cnn(-c2nnc(C)s2)c1Cl. The van der Waals surface area contributed by atoms with E-state index in [2.05, 4.69) is 15.3 Å². The van der Waals surface area contributed by atoms with E-state index in [0.717, 1.165) is 5.01 Å². The highest BCUT2D eigenvalue weighted by molar-refractivity contribution is 7.13. The van der Waals surface area contributed by atoms with Crippen molar-refractivity contribution in [1.29, 1.82) is 0 Å². The average Bonchev–Trinajstić information content (AvgIpc) is 2.85. The number of carbonyl (C=O) groups excluding carboxylic acids is 1. The molecule has 0 unspecified atom stereocenters. The summed E-state index contributed by atoms with van der Waals surface area (Å²) in [4.78, 5) is 11.5. The van der Waals surface area contributed by atoms with E-state index in [1.165, 1.54) is 22.2 Å². The first kappa shape index (κ1) is 12.0. The number of aryl methyl sites for hydroxylation is 1. The smallest absolute Gasteiger partial charge is 0.342 e. The van der Waals surface area contributed by atoms with Crippen LogP contribution < -0.4 is 0 Å². The van der Waals surface area contributed by atoms with Crippen LogP contribution in [0.4, 0.5) is 0 Å². The third-order valence-corrected chi connectivity index (χ3v) is 3.08. The number of nitrogens with zero attached hydrogens (tertiary/aromatic N) is 4. The van der Waals surface area contributed by atoms with Gasteiger partial charge in [-0.15, -0.1) is 10.2 Å². The zero-order valence-corrected chi connectivity index (χ0v) is 10.7. The first-order valence-electron chi connectivity index (χ1n) is 4.84. The number of halogens is 1. The van der Waals surface area contributed by atoms with Crippen molar-refractivity contribution in [2.45, 2.75) is 13.8 Å². The van der Waals surface area contributed by atoms with Crippen LogP contribution in [0.5, 0.6) is 0 Å². The molecule has 0 fully saturated rings. The van der Waals surface area contributed by atoms with Crippen molar-refractivity contribution >= 4 is 28.9 Å². The Bertz CT molecular complexity index is 551. The molecule has 0 radical (unpaired) electrons. The van der Waals surface area contributed by atoms with Crippen molar-refractivity contribution in [2.24, 2.45) is 0 Å². The van der Waals surface area contributed by atoms with Gasteiger partial charge in [0.2, 0.25) is 5.13 Å². The highest BCUT2D eigenvalue weighted by Gasteiger charge is 2.19. The number of rotatable bonds is 3. The van der Waals surface area contributed by atoms with Crippen molar-refractivity contribution in [2.75, 3.05) is 6.61 Å². The summed E-state index contributed by atoms with van der Waals surface area (Å²) in [5.74, 6) is -0.495. The Hall–Kier alpha value is -1.47. The van der Waals surface area contributed by atoms with Gasteiger partial charge in [0.1, 0.15) is 15.7 Å². The van der Waals surface area contributed by atoms with Crippen molar-refractivity contribution in [3.63, 3.8) is 0 Å². The molecule has 2 aromatic rings. The van der Waals surface area contributed by atoms with Crippen LogP contribution in [0, 0.1) is 6.92 Å². The van der Waals surface area contributed by atoms with Crippen LogP contribution in [0.2, 0.25) is 5.15 Å². The largest absolute Gasteiger partial charge is 0.462 e. The summed E-state index contributed by atoms with van der Waals surface area (Å²) in [6, 6.07) is 0. The van der Waals surface area contributed by atoms with Gasteiger partial charge in [-0.05, 0) is 13.8 Å². The minimum atomic E-state index is -0.495. The lowest BCUT2D eigenvalue weighted by Gasteiger charge is -1.99. The van der Waals surface area contributed by atoms with Gasteiger partial charge in [-0.25, -0.2) is 4.79 Å². The Labute approximate surface area is 106 Å². The maximum atomic E-state index is 11.5. The van der Waals surface area contributed by atoms with Gasteiger partial charge in [-0.2, -0.15) is 9.78 Å². The van der Waals surface area contributed by atoms with Crippen LogP contribution >= 0.6 is 22.9 Å². The Morgan fingerprint density at radius 3 is 2.94 bits per heavy atom. The van der Waals surface area contributed by atoms with Gasteiger partial charge in [0, 0.05) is 0 Å². The van der Waals surface area contributed by atoms with Crippen LogP contribution in [0.3, 0.4) is 0 Å². The van der Waals surface area contributed by atoms with E-state index in [9.17, 15) is 4.79 Å². The molecule has 0 N–H and O–H groups in total. The van der Waals surface area contributed by atoms with Gasteiger partial charge < -0.3 is 4.74 Å². The molecule has 0 aliphatic rings. The Kier molecular flexibility index (Phi) is 3.39. The second kappa shape index (κ2) is 4.80. The van der Waals surface area contributed by atoms with Crippen LogP contribution in [-0.2, 0) is 4.74 Å². The van der Waals surface area contributed by atoms with Gasteiger partial charge in [-0.1, -0.05) is 22.9 Å². The molecule has 8 heteroatoms. The van der Waals surface area contributed by atoms with Crippen LogP contribution in [-0.4, -0.2) is 32.6 Å². The summed E-state index contributed by atoms with van der Waals surface area (Å²) in [5, 5.41) is 13.2. The standard InChI is InChI=1S/C9H9ClN4O2S/c1-3-16-8(15)6-4-11-14(7(6)10)9-13-12-5(2)17-9/h4H,3H2,1-2H3. The van der Waals surface area contributed by atoms with Gasteiger partial charge in [0.05, 0.1) is 12.8 Å². The minimum Gasteiger partial charge on any atom is -0.462 e. The molecule has 0 saturated heterocycles. The third kappa shape index (κ3) is 2.29. The van der Waals surface area contributed by atoms with Crippen LogP contribution in [0.1, 0.15) is 22.3 Å². The molecular weight excluding hydrogens is 264 g/mol. The highest BCUT2D eigenvalue weighted by atomic mass is 35.5. The summed E-state index contributed by atoms with van der Waals surface area (Å²) in [6.07, 6.45) is 1.36. The molecule has 0 aromatic carbocycles. The van der Waals surface area contributed by atoms with E-state index in [1.54, 1.807) is 6.92 Å². The second-order valence-corrected chi connectivity index (χ2v) is 4.60. The Balaban J connectivity index is 2.36. The van der Waals surface area contributed by atoms with Crippen molar-refractivity contribution in [1.82, 2.24) is 20.0 Å².